The highest BCUT2D eigenvalue weighted by atomic mass is 35.5. The zero-order valence-electron chi connectivity index (χ0n) is 25.3. The Balaban J connectivity index is 1.23. The molecule has 2 aromatic rings. The second-order valence-electron chi connectivity index (χ2n) is 14.0. The standard InChI is InChI=1S/C36H45ClN2O3S/c1-23-5-2-9-32(40)29-13-10-27(29)20-39-21-36(16-4-8-25-18-28(37)12-14-30(25)36)22-42-33-15-11-26(19-31(33)39)35(41)38-43-34(23)17-24-6-3-7-24/h2,9,11-12,14-15,18-19,23-24,27,29,32,34,40H,3-8,10,13,16-17,20-22H2,1H3,(H,38,41)/b9-2-/t23-,27-,29+,32-,34-,36-/m0/s1. The molecule has 0 radical (unpaired) electrons. The molecule has 2 aromatic carbocycles. The second kappa shape index (κ2) is 12.3. The van der Waals surface area contributed by atoms with Crippen LogP contribution < -0.4 is 14.4 Å². The Kier molecular flexibility index (Phi) is 8.47. The lowest BCUT2D eigenvalue weighted by atomic mass is 9.68. The Morgan fingerprint density at radius 2 is 2.02 bits per heavy atom. The van der Waals surface area contributed by atoms with E-state index in [4.69, 9.17) is 16.3 Å². The summed E-state index contributed by atoms with van der Waals surface area (Å²) in [5.74, 6) is 2.64. The molecule has 1 spiro atoms. The summed E-state index contributed by atoms with van der Waals surface area (Å²) in [7, 11) is 0. The lowest BCUT2D eigenvalue weighted by Crippen LogP contribution is -2.49. The van der Waals surface area contributed by atoms with E-state index in [1.165, 1.54) is 30.4 Å². The normalized spacial score (nSPS) is 33.6. The summed E-state index contributed by atoms with van der Waals surface area (Å²) in [6, 6.07) is 12.3. The van der Waals surface area contributed by atoms with Crippen molar-refractivity contribution in [2.24, 2.45) is 23.7 Å². The number of fused-ring (bicyclic) bond motifs is 4. The molecule has 2 fully saturated rings. The SMILES string of the molecule is C[C@H]1C/C=C\[C@H](O)[C@@H]2CC[C@H]2CN2C[C@@]3(CCCc4cc(Cl)ccc43)COc3ccc(cc32)C(=O)NS[C@H]1CC1CCC1. The maximum absolute atomic E-state index is 13.6. The number of benzene rings is 2. The molecule has 3 aliphatic carbocycles. The van der Waals surface area contributed by atoms with Crippen LogP contribution in [0.4, 0.5) is 5.69 Å². The molecule has 1 amide bonds. The van der Waals surface area contributed by atoms with Crippen molar-refractivity contribution in [3.63, 3.8) is 0 Å². The Morgan fingerprint density at radius 1 is 1.14 bits per heavy atom. The van der Waals surface area contributed by atoms with Crippen molar-refractivity contribution in [3.8, 4) is 5.75 Å². The van der Waals surface area contributed by atoms with Gasteiger partial charge in [-0.15, -0.1) is 0 Å². The number of aliphatic hydroxyl groups excluding tert-OH is 1. The van der Waals surface area contributed by atoms with Gasteiger partial charge in [0.15, 0.2) is 0 Å². The number of aryl methyl sites for hydroxylation is 1. The van der Waals surface area contributed by atoms with Crippen molar-refractivity contribution < 1.29 is 14.6 Å². The number of hydrogen-bond acceptors (Lipinski definition) is 5. The Hall–Kier alpha value is -2.15. The number of anilines is 1. The van der Waals surface area contributed by atoms with Gasteiger partial charge in [-0.1, -0.05) is 56.0 Å². The minimum atomic E-state index is -0.420. The predicted molar refractivity (Wildman–Crippen MR) is 176 cm³/mol. The summed E-state index contributed by atoms with van der Waals surface area (Å²) in [6.07, 6.45) is 15.2. The summed E-state index contributed by atoms with van der Waals surface area (Å²) in [5, 5.41) is 12.4. The molecule has 2 bridgehead atoms. The molecule has 43 heavy (non-hydrogen) atoms. The summed E-state index contributed by atoms with van der Waals surface area (Å²) < 4.78 is 9.89. The minimum absolute atomic E-state index is 0.0326. The van der Waals surface area contributed by atoms with Crippen LogP contribution in [0.3, 0.4) is 0 Å². The van der Waals surface area contributed by atoms with Crippen LogP contribution in [0, 0.1) is 23.7 Å². The average molecular weight is 621 g/mol. The molecule has 5 nitrogen and oxygen atoms in total. The van der Waals surface area contributed by atoms with Gasteiger partial charge in [0.1, 0.15) is 5.75 Å². The molecule has 0 aromatic heterocycles. The third-order valence-corrected chi connectivity index (χ3v) is 12.7. The number of ether oxygens (including phenoxy) is 1. The quantitative estimate of drug-likeness (QED) is 0.266. The first-order chi connectivity index (χ1) is 20.9. The first-order valence-electron chi connectivity index (χ1n) is 16.5. The fraction of sp³-hybridized carbons (Fsp3) is 0.583. The lowest BCUT2D eigenvalue weighted by Gasteiger charge is -2.45. The van der Waals surface area contributed by atoms with Gasteiger partial charge in [-0.3, -0.25) is 9.52 Å². The van der Waals surface area contributed by atoms with Gasteiger partial charge in [0.25, 0.3) is 5.91 Å². The largest absolute Gasteiger partial charge is 0.490 e. The van der Waals surface area contributed by atoms with Crippen LogP contribution in [0.2, 0.25) is 5.02 Å². The molecular formula is C36H45ClN2O3S. The van der Waals surface area contributed by atoms with Gasteiger partial charge in [0, 0.05) is 34.3 Å². The van der Waals surface area contributed by atoms with Crippen molar-refractivity contribution in [2.45, 2.75) is 87.9 Å². The number of allylic oxidation sites excluding steroid dienone is 1. The zero-order chi connectivity index (χ0) is 29.6. The maximum atomic E-state index is 13.6. The van der Waals surface area contributed by atoms with Gasteiger partial charge in [-0.05, 0) is 122 Å². The molecule has 7 rings (SSSR count). The number of halogens is 1. The van der Waals surface area contributed by atoms with Gasteiger partial charge >= 0.3 is 0 Å². The fourth-order valence-electron chi connectivity index (χ4n) is 8.18. The highest BCUT2D eigenvalue weighted by molar-refractivity contribution is 7.98. The lowest BCUT2D eigenvalue weighted by molar-refractivity contribution is 0.0455. The number of nitrogens with zero attached hydrogens (tertiary/aromatic N) is 1. The van der Waals surface area contributed by atoms with E-state index < -0.39 is 6.10 Å². The second-order valence-corrected chi connectivity index (χ2v) is 15.5. The van der Waals surface area contributed by atoms with E-state index in [0.29, 0.717) is 29.3 Å². The minimum Gasteiger partial charge on any atom is -0.490 e. The van der Waals surface area contributed by atoms with E-state index in [-0.39, 0.29) is 17.2 Å². The molecule has 5 aliphatic rings. The number of nitrogens with one attached hydrogen (secondary N) is 1. The van der Waals surface area contributed by atoms with E-state index in [0.717, 1.165) is 80.4 Å². The van der Waals surface area contributed by atoms with Crippen LogP contribution in [0.1, 0.15) is 86.2 Å². The van der Waals surface area contributed by atoms with E-state index >= 15 is 0 Å². The highest BCUT2D eigenvalue weighted by Crippen LogP contribution is 2.47. The van der Waals surface area contributed by atoms with E-state index in [9.17, 15) is 9.90 Å². The van der Waals surface area contributed by atoms with Crippen LogP contribution in [0.25, 0.3) is 0 Å². The number of hydrogen-bond donors (Lipinski definition) is 2. The van der Waals surface area contributed by atoms with Crippen molar-refractivity contribution >= 4 is 35.1 Å². The maximum Gasteiger partial charge on any atom is 0.261 e. The zero-order valence-corrected chi connectivity index (χ0v) is 26.8. The van der Waals surface area contributed by atoms with Crippen LogP contribution in [0.15, 0.2) is 48.6 Å². The van der Waals surface area contributed by atoms with Gasteiger partial charge in [-0.2, -0.15) is 0 Å². The molecule has 0 unspecified atom stereocenters. The van der Waals surface area contributed by atoms with Gasteiger partial charge in [-0.25, -0.2) is 0 Å². The van der Waals surface area contributed by atoms with Gasteiger partial charge in [0.2, 0.25) is 0 Å². The number of rotatable bonds is 2. The molecule has 2 saturated carbocycles. The summed E-state index contributed by atoms with van der Waals surface area (Å²) in [5.41, 5.74) is 4.19. The Morgan fingerprint density at radius 3 is 2.81 bits per heavy atom. The average Bonchev–Trinajstić information content (AvgIpc) is 3.10. The third-order valence-electron chi connectivity index (χ3n) is 11.2. The van der Waals surface area contributed by atoms with Crippen molar-refractivity contribution in [1.29, 1.82) is 0 Å². The summed E-state index contributed by atoms with van der Waals surface area (Å²) in [6.45, 7) is 4.56. The number of carbonyl (C=O) groups is 1. The van der Waals surface area contributed by atoms with E-state index in [1.54, 1.807) is 11.9 Å². The Bertz CT molecular complexity index is 1380. The molecular weight excluding hydrogens is 576 g/mol. The monoisotopic (exact) mass is 620 g/mol. The van der Waals surface area contributed by atoms with Crippen LogP contribution in [0.5, 0.6) is 5.75 Å². The number of aliphatic hydroxyl groups is 1. The van der Waals surface area contributed by atoms with E-state index in [2.05, 4.69) is 46.9 Å². The van der Waals surface area contributed by atoms with E-state index in [1.807, 2.05) is 18.2 Å². The van der Waals surface area contributed by atoms with Crippen molar-refractivity contribution in [1.82, 2.24) is 4.72 Å². The predicted octanol–water partition coefficient (Wildman–Crippen LogP) is 7.73. The number of carbonyl (C=O) groups excluding carboxylic acids is 1. The molecule has 0 saturated heterocycles. The number of amides is 1. The molecule has 2 aliphatic heterocycles. The fourth-order valence-corrected chi connectivity index (χ4v) is 9.46. The van der Waals surface area contributed by atoms with Crippen LogP contribution in [-0.4, -0.2) is 42.1 Å². The molecule has 2 N–H and O–H groups in total. The summed E-state index contributed by atoms with van der Waals surface area (Å²) in [4.78, 5) is 16.1. The Labute approximate surface area is 265 Å². The van der Waals surface area contributed by atoms with Gasteiger partial charge in [0.05, 0.1) is 18.4 Å². The van der Waals surface area contributed by atoms with Crippen molar-refractivity contribution in [2.75, 3.05) is 24.6 Å². The smallest absolute Gasteiger partial charge is 0.261 e. The molecule has 230 valence electrons. The third kappa shape index (κ3) is 5.96. The molecule has 6 atom stereocenters. The van der Waals surface area contributed by atoms with Gasteiger partial charge < -0.3 is 14.7 Å². The first kappa shape index (κ1) is 29.6. The van der Waals surface area contributed by atoms with Crippen LogP contribution in [-0.2, 0) is 11.8 Å². The first-order valence-corrected chi connectivity index (χ1v) is 17.8. The molecule has 2 heterocycles. The topological polar surface area (TPSA) is 61.8 Å². The summed E-state index contributed by atoms with van der Waals surface area (Å²) >= 11 is 8.04. The molecule has 7 heteroatoms. The van der Waals surface area contributed by atoms with Crippen molar-refractivity contribution in [3.05, 3.63) is 70.3 Å². The van der Waals surface area contributed by atoms with Crippen LogP contribution >= 0.6 is 23.5 Å². The highest BCUT2D eigenvalue weighted by Gasteiger charge is 2.44.